The predicted molar refractivity (Wildman–Crippen MR) is 101 cm³/mol. The molecule has 5 heteroatoms. The van der Waals surface area contributed by atoms with E-state index in [1.165, 1.54) is 10.8 Å². The molecule has 2 aliphatic heterocycles. The van der Waals surface area contributed by atoms with Gasteiger partial charge in [0, 0.05) is 25.9 Å². The molecule has 4 rings (SSSR count). The van der Waals surface area contributed by atoms with Crippen LogP contribution in [-0.4, -0.2) is 49.4 Å². The van der Waals surface area contributed by atoms with Crippen molar-refractivity contribution in [3.8, 4) is 0 Å². The zero-order chi connectivity index (χ0) is 18.0. The van der Waals surface area contributed by atoms with E-state index in [1.807, 2.05) is 19.1 Å². The zero-order valence-corrected chi connectivity index (χ0v) is 15.2. The van der Waals surface area contributed by atoms with E-state index in [0.29, 0.717) is 19.8 Å². The van der Waals surface area contributed by atoms with Crippen LogP contribution in [-0.2, 0) is 14.3 Å². The van der Waals surface area contributed by atoms with Crippen LogP contribution in [0.3, 0.4) is 0 Å². The Morgan fingerprint density at radius 2 is 1.81 bits per heavy atom. The highest BCUT2D eigenvalue weighted by Crippen LogP contribution is 2.31. The summed E-state index contributed by atoms with van der Waals surface area (Å²) in [7, 11) is 0. The van der Waals surface area contributed by atoms with Crippen molar-refractivity contribution in [1.82, 2.24) is 10.2 Å². The van der Waals surface area contributed by atoms with Crippen LogP contribution in [0.4, 0.5) is 0 Å². The average molecular weight is 354 g/mol. The van der Waals surface area contributed by atoms with E-state index >= 15 is 0 Å². The van der Waals surface area contributed by atoms with Crippen LogP contribution in [0.15, 0.2) is 42.5 Å². The first-order valence-corrected chi connectivity index (χ1v) is 9.42. The summed E-state index contributed by atoms with van der Waals surface area (Å²) in [6.07, 6.45) is 1.67. The highest BCUT2D eigenvalue weighted by molar-refractivity contribution is 5.83. The lowest BCUT2D eigenvalue weighted by Crippen LogP contribution is -2.48. The zero-order valence-electron chi connectivity index (χ0n) is 15.2. The number of nitrogens with one attached hydrogen (secondary N) is 1. The molecule has 0 aliphatic carbocycles. The molecule has 0 bridgehead atoms. The maximum atomic E-state index is 12.5. The first-order valence-electron chi connectivity index (χ1n) is 9.42. The maximum Gasteiger partial charge on any atom is 0.234 e. The maximum absolute atomic E-state index is 12.5. The largest absolute Gasteiger partial charge is 0.348 e. The molecule has 2 saturated heterocycles. The molecule has 1 atom stereocenters. The van der Waals surface area contributed by atoms with E-state index in [-0.39, 0.29) is 17.7 Å². The number of carbonyl (C=O) groups is 1. The molecule has 1 spiro atoms. The predicted octanol–water partition coefficient (Wildman–Crippen LogP) is 2.86. The standard InChI is InChI=1S/C21H26N2O3/c1-16(18-7-6-17-4-2-3-5-19(17)14-18)22-20(24)15-23-10-8-21(9-11-23)25-12-13-26-21/h2-7,14,16H,8-13,15H2,1H3,(H,22,24). The Bertz CT molecular complexity index is 776. The first-order chi connectivity index (χ1) is 12.6. The van der Waals surface area contributed by atoms with Crippen molar-refractivity contribution in [1.29, 1.82) is 0 Å². The minimum absolute atomic E-state index is 0.00950. The third-order valence-electron chi connectivity index (χ3n) is 5.45. The molecular weight excluding hydrogens is 328 g/mol. The molecule has 2 fully saturated rings. The number of benzene rings is 2. The van der Waals surface area contributed by atoms with Crippen molar-refractivity contribution >= 4 is 16.7 Å². The fourth-order valence-electron chi connectivity index (χ4n) is 3.89. The van der Waals surface area contributed by atoms with Gasteiger partial charge in [0.1, 0.15) is 0 Å². The van der Waals surface area contributed by atoms with Gasteiger partial charge in [-0.3, -0.25) is 9.69 Å². The summed E-state index contributed by atoms with van der Waals surface area (Å²) in [4.78, 5) is 14.6. The SMILES string of the molecule is CC(NC(=O)CN1CCC2(CC1)OCCO2)c1ccc2ccccc2c1. The molecule has 0 saturated carbocycles. The van der Waals surface area contributed by atoms with Crippen molar-refractivity contribution in [2.45, 2.75) is 31.6 Å². The van der Waals surface area contributed by atoms with Gasteiger partial charge in [-0.2, -0.15) is 0 Å². The smallest absolute Gasteiger partial charge is 0.234 e. The van der Waals surface area contributed by atoms with Gasteiger partial charge in [-0.1, -0.05) is 36.4 Å². The van der Waals surface area contributed by atoms with Crippen molar-refractivity contribution in [3.63, 3.8) is 0 Å². The average Bonchev–Trinajstić information content (AvgIpc) is 3.11. The Labute approximate surface area is 154 Å². The Morgan fingerprint density at radius 3 is 2.54 bits per heavy atom. The Kier molecular flexibility index (Phi) is 4.94. The van der Waals surface area contributed by atoms with Crippen molar-refractivity contribution in [2.75, 3.05) is 32.8 Å². The fourth-order valence-corrected chi connectivity index (χ4v) is 3.89. The van der Waals surface area contributed by atoms with E-state index in [4.69, 9.17) is 9.47 Å². The van der Waals surface area contributed by atoms with Crippen LogP contribution in [0.2, 0.25) is 0 Å². The second-order valence-electron chi connectivity index (χ2n) is 7.28. The van der Waals surface area contributed by atoms with Gasteiger partial charge in [-0.05, 0) is 29.3 Å². The van der Waals surface area contributed by atoms with Crippen LogP contribution >= 0.6 is 0 Å². The molecule has 0 radical (unpaired) electrons. The molecule has 2 aromatic rings. The van der Waals surface area contributed by atoms with Gasteiger partial charge in [-0.15, -0.1) is 0 Å². The van der Waals surface area contributed by atoms with Crippen LogP contribution in [0, 0.1) is 0 Å². The lowest BCUT2D eigenvalue weighted by atomic mass is 10.0. The Hall–Kier alpha value is -1.95. The number of rotatable bonds is 4. The number of nitrogens with zero attached hydrogens (tertiary/aromatic N) is 1. The van der Waals surface area contributed by atoms with Gasteiger partial charge >= 0.3 is 0 Å². The fraction of sp³-hybridized carbons (Fsp3) is 0.476. The molecule has 2 aromatic carbocycles. The highest BCUT2D eigenvalue weighted by Gasteiger charge is 2.39. The molecule has 1 unspecified atom stereocenters. The van der Waals surface area contributed by atoms with Gasteiger partial charge in [-0.25, -0.2) is 0 Å². The van der Waals surface area contributed by atoms with Crippen LogP contribution < -0.4 is 5.32 Å². The highest BCUT2D eigenvalue weighted by atomic mass is 16.7. The molecule has 138 valence electrons. The van der Waals surface area contributed by atoms with E-state index in [1.54, 1.807) is 0 Å². The van der Waals surface area contributed by atoms with Crippen LogP contribution in [0.25, 0.3) is 10.8 Å². The summed E-state index contributed by atoms with van der Waals surface area (Å²) in [5.74, 6) is -0.319. The van der Waals surface area contributed by atoms with Gasteiger partial charge in [0.15, 0.2) is 5.79 Å². The normalized spacial score (nSPS) is 21.1. The topological polar surface area (TPSA) is 50.8 Å². The summed E-state index contributed by atoms with van der Waals surface area (Å²) in [5, 5.41) is 5.54. The molecular formula is C21H26N2O3. The second kappa shape index (κ2) is 7.35. The summed E-state index contributed by atoms with van der Waals surface area (Å²) in [5.41, 5.74) is 1.13. The van der Waals surface area contributed by atoms with E-state index in [9.17, 15) is 4.79 Å². The molecule has 1 amide bonds. The summed E-state index contributed by atoms with van der Waals surface area (Å²) in [6, 6.07) is 14.6. The summed E-state index contributed by atoms with van der Waals surface area (Å²) >= 11 is 0. The lowest BCUT2D eigenvalue weighted by Gasteiger charge is -2.37. The van der Waals surface area contributed by atoms with Gasteiger partial charge in [0.25, 0.3) is 0 Å². The number of amides is 1. The molecule has 1 N–H and O–H groups in total. The van der Waals surface area contributed by atoms with Gasteiger partial charge in [0.05, 0.1) is 25.8 Å². The Balaban J connectivity index is 1.31. The molecule has 26 heavy (non-hydrogen) atoms. The lowest BCUT2D eigenvalue weighted by molar-refractivity contribution is -0.185. The van der Waals surface area contributed by atoms with Gasteiger partial charge < -0.3 is 14.8 Å². The van der Waals surface area contributed by atoms with E-state index < -0.39 is 0 Å². The quantitative estimate of drug-likeness (QED) is 0.917. The summed E-state index contributed by atoms with van der Waals surface area (Å²) in [6.45, 7) is 5.49. The number of carbonyl (C=O) groups excluding carboxylic acids is 1. The summed E-state index contributed by atoms with van der Waals surface area (Å²) < 4.78 is 11.5. The number of hydrogen-bond donors (Lipinski definition) is 1. The van der Waals surface area contributed by atoms with Crippen molar-refractivity contribution in [2.24, 2.45) is 0 Å². The first kappa shape index (κ1) is 17.5. The molecule has 2 heterocycles. The number of likely N-dealkylation sites (tertiary alicyclic amines) is 1. The van der Waals surface area contributed by atoms with E-state index in [2.05, 4.69) is 40.5 Å². The van der Waals surface area contributed by atoms with Crippen molar-refractivity contribution < 1.29 is 14.3 Å². The van der Waals surface area contributed by atoms with Crippen molar-refractivity contribution in [3.05, 3.63) is 48.0 Å². The number of fused-ring (bicyclic) bond motifs is 1. The third kappa shape index (κ3) is 3.75. The van der Waals surface area contributed by atoms with Crippen LogP contribution in [0.1, 0.15) is 31.4 Å². The molecule has 0 aromatic heterocycles. The number of hydrogen-bond acceptors (Lipinski definition) is 4. The van der Waals surface area contributed by atoms with E-state index in [0.717, 1.165) is 31.5 Å². The molecule has 2 aliphatic rings. The van der Waals surface area contributed by atoms with Gasteiger partial charge in [0.2, 0.25) is 5.91 Å². The molecule has 5 nitrogen and oxygen atoms in total. The van der Waals surface area contributed by atoms with Crippen LogP contribution in [0.5, 0.6) is 0 Å². The number of ether oxygens (including phenoxy) is 2. The minimum atomic E-state index is -0.384. The third-order valence-corrected chi connectivity index (χ3v) is 5.45. The number of piperidine rings is 1. The monoisotopic (exact) mass is 354 g/mol. The second-order valence-corrected chi connectivity index (χ2v) is 7.28. The minimum Gasteiger partial charge on any atom is -0.348 e. The Morgan fingerprint density at radius 1 is 1.12 bits per heavy atom.